The van der Waals surface area contributed by atoms with Gasteiger partial charge in [-0.1, -0.05) is 30.7 Å². The Labute approximate surface area is 150 Å². The lowest BCUT2D eigenvalue weighted by atomic mass is 9.74. The zero-order valence-corrected chi connectivity index (χ0v) is 15.7. The molecule has 0 fully saturated rings. The van der Waals surface area contributed by atoms with Gasteiger partial charge in [-0.05, 0) is 46.0 Å². The highest BCUT2D eigenvalue weighted by molar-refractivity contribution is 6.00. The number of aliphatic hydroxyl groups is 2. The molecule has 0 aromatic rings. The molecule has 4 unspecified atom stereocenters. The minimum atomic E-state index is -0.868. The van der Waals surface area contributed by atoms with Crippen LogP contribution in [0.25, 0.3) is 0 Å². The summed E-state index contributed by atoms with van der Waals surface area (Å²) >= 11 is 0. The summed E-state index contributed by atoms with van der Waals surface area (Å²) in [6.07, 6.45) is 8.78. The number of aliphatic hydroxyl groups excluding tert-OH is 1. The van der Waals surface area contributed by atoms with E-state index in [0.717, 1.165) is 18.6 Å². The van der Waals surface area contributed by atoms with E-state index in [2.05, 4.69) is 19.9 Å². The molecule has 0 aromatic heterocycles. The van der Waals surface area contributed by atoms with E-state index in [9.17, 15) is 15.0 Å². The molecule has 3 aliphatic rings. The first-order valence-electron chi connectivity index (χ1n) is 9.34. The number of fused-ring (bicyclic) bond motifs is 1. The van der Waals surface area contributed by atoms with Crippen LogP contribution in [-0.4, -0.2) is 33.3 Å². The van der Waals surface area contributed by atoms with Crippen LogP contribution in [0.2, 0.25) is 0 Å². The molecule has 0 saturated carbocycles. The lowest BCUT2D eigenvalue weighted by Gasteiger charge is -2.43. The molecule has 2 N–H and O–H groups in total. The van der Waals surface area contributed by atoms with E-state index >= 15 is 0 Å². The van der Waals surface area contributed by atoms with Crippen LogP contribution < -0.4 is 0 Å². The summed E-state index contributed by atoms with van der Waals surface area (Å²) in [5.41, 5.74) is 0.970. The largest absolute Gasteiger partial charge is 0.491 e. The van der Waals surface area contributed by atoms with Gasteiger partial charge in [0.15, 0.2) is 5.78 Å². The Bertz CT molecular complexity index is 649. The van der Waals surface area contributed by atoms with Gasteiger partial charge in [0.2, 0.25) is 0 Å². The average molecular weight is 346 g/mol. The van der Waals surface area contributed by atoms with Gasteiger partial charge in [0.25, 0.3) is 0 Å². The summed E-state index contributed by atoms with van der Waals surface area (Å²) < 4.78 is 6.30. The van der Waals surface area contributed by atoms with Crippen LogP contribution in [0, 0.1) is 11.8 Å². The summed E-state index contributed by atoms with van der Waals surface area (Å²) in [5.74, 6) is 1.17. The number of hydrogen-bond donors (Lipinski definition) is 2. The van der Waals surface area contributed by atoms with Crippen molar-refractivity contribution in [3.05, 3.63) is 35.1 Å². The fourth-order valence-electron chi connectivity index (χ4n) is 4.35. The monoisotopic (exact) mass is 346 g/mol. The number of rotatable bonds is 4. The third-order valence-corrected chi connectivity index (χ3v) is 5.81. The first-order chi connectivity index (χ1) is 11.6. The van der Waals surface area contributed by atoms with Gasteiger partial charge in [-0.15, -0.1) is 0 Å². The van der Waals surface area contributed by atoms with E-state index in [0.29, 0.717) is 30.8 Å². The van der Waals surface area contributed by atoms with Crippen molar-refractivity contribution in [3.8, 4) is 0 Å². The van der Waals surface area contributed by atoms with Gasteiger partial charge in [-0.25, -0.2) is 0 Å². The molecule has 25 heavy (non-hydrogen) atoms. The van der Waals surface area contributed by atoms with Gasteiger partial charge in [-0.3, -0.25) is 4.79 Å². The van der Waals surface area contributed by atoms with Crippen molar-refractivity contribution < 1.29 is 19.7 Å². The standard InChI is InChI=1S/C21H30O4/c1-13(6-5-10-20(2,3)24)14-9-11-21(4)16(14)12-15-18(25-21)8-7-17(22)19(15)23/h5,9-10,13,16-17,22,24H,6-8,11-12H2,1-4H3. The topological polar surface area (TPSA) is 66.8 Å². The molecule has 138 valence electrons. The van der Waals surface area contributed by atoms with Crippen molar-refractivity contribution >= 4 is 5.78 Å². The molecule has 0 bridgehead atoms. The number of ketones is 1. The van der Waals surface area contributed by atoms with Crippen LogP contribution in [0.15, 0.2) is 35.1 Å². The van der Waals surface area contributed by atoms with Gasteiger partial charge in [0.1, 0.15) is 17.5 Å². The maximum absolute atomic E-state index is 12.4. The fraction of sp³-hybridized carbons (Fsp3) is 0.667. The zero-order valence-electron chi connectivity index (χ0n) is 15.7. The highest BCUT2D eigenvalue weighted by Crippen LogP contribution is 2.51. The lowest BCUT2D eigenvalue weighted by Crippen LogP contribution is -2.43. The number of Topliss-reactive ketones (excluding diaryl/α,β-unsaturated/α-hetero) is 1. The summed E-state index contributed by atoms with van der Waals surface area (Å²) in [4.78, 5) is 12.4. The van der Waals surface area contributed by atoms with Crippen molar-refractivity contribution in [3.63, 3.8) is 0 Å². The number of ether oxygens (including phenoxy) is 1. The van der Waals surface area contributed by atoms with E-state index in [-0.39, 0.29) is 17.3 Å². The van der Waals surface area contributed by atoms with E-state index in [1.165, 1.54) is 5.57 Å². The minimum absolute atomic E-state index is 0.149. The van der Waals surface area contributed by atoms with Gasteiger partial charge in [0, 0.05) is 24.3 Å². The molecule has 0 radical (unpaired) electrons. The van der Waals surface area contributed by atoms with E-state index in [4.69, 9.17) is 4.74 Å². The third-order valence-electron chi connectivity index (χ3n) is 5.81. The molecule has 1 aliphatic heterocycles. The molecule has 3 rings (SSSR count). The molecule has 4 heteroatoms. The molecule has 1 heterocycles. The maximum atomic E-state index is 12.4. The molecule has 2 aliphatic carbocycles. The Hall–Kier alpha value is -1.39. The van der Waals surface area contributed by atoms with Gasteiger partial charge in [0.05, 0.1) is 5.60 Å². The Kier molecular flexibility index (Phi) is 4.71. The summed E-state index contributed by atoms with van der Waals surface area (Å²) in [5, 5.41) is 19.7. The van der Waals surface area contributed by atoms with Crippen molar-refractivity contribution in [2.45, 2.75) is 77.1 Å². The van der Waals surface area contributed by atoms with Crippen LogP contribution in [-0.2, 0) is 9.53 Å². The molecule has 0 saturated heterocycles. The Morgan fingerprint density at radius 2 is 2.20 bits per heavy atom. The Morgan fingerprint density at radius 3 is 2.88 bits per heavy atom. The van der Waals surface area contributed by atoms with Crippen LogP contribution >= 0.6 is 0 Å². The first kappa shape index (κ1) is 18.4. The molecule has 4 atom stereocenters. The molecule has 0 aromatic carbocycles. The summed E-state index contributed by atoms with van der Waals surface area (Å²) in [6, 6.07) is 0. The number of hydrogen-bond acceptors (Lipinski definition) is 4. The number of allylic oxidation sites excluding steroid dienone is 2. The second-order valence-corrected chi connectivity index (χ2v) is 8.59. The molecule has 4 nitrogen and oxygen atoms in total. The SMILES string of the molecule is CC(CC=CC(C)(C)O)C1=CCC2(C)OC3=C(CC12)C(=O)C(O)CC3. The molecule has 0 spiro atoms. The Morgan fingerprint density at radius 1 is 1.48 bits per heavy atom. The predicted molar refractivity (Wildman–Crippen MR) is 96.8 cm³/mol. The van der Waals surface area contributed by atoms with Gasteiger partial charge >= 0.3 is 0 Å². The van der Waals surface area contributed by atoms with Gasteiger partial charge in [-0.2, -0.15) is 0 Å². The molecular formula is C21H30O4. The van der Waals surface area contributed by atoms with Crippen LogP contribution in [0.4, 0.5) is 0 Å². The predicted octanol–water partition coefficient (Wildman–Crippen LogP) is 3.44. The van der Waals surface area contributed by atoms with E-state index in [1.54, 1.807) is 13.8 Å². The van der Waals surface area contributed by atoms with Crippen molar-refractivity contribution in [2.75, 3.05) is 0 Å². The minimum Gasteiger partial charge on any atom is -0.491 e. The fourth-order valence-corrected chi connectivity index (χ4v) is 4.35. The van der Waals surface area contributed by atoms with Crippen molar-refractivity contribution in [1.29, 1.82) is 0 Å². The lowest BCUT2D eigenvalue weighted by molar-refractivity contribution is -0.127. The van der Waals surface area contributed by atoms with E-state index < -0.39 is 11.7 Å². The average Bonchev–Trinajstić information content (AvgIpc) is 2.84. The van der Waals surface area contributed by atoms with Crippen molar-refractivity contribution in [2.24, 2.45) is 11.8 Å². The van der Waals surface area contributed by atoms with Crippen LogP contribution in [0.3, 0.4) is 0 Å². The number of carbonyl (C=O) groups excluding carboxylic acids is 1. The number of carbonyl (C=O) groups is 1. The highest BCUT2D eigenvalue weighted by Gasteiger charge is 2.49. The summed E-state index contributed by atoms with van der Waals surface area (Å²) in [7, 11) is 0. The van der Waals surface area contributed by atoms with Crippen LogP contribution in [0.5, 0.6) is 0 Å². The summed E-state index contributed by atoms with van der Waals surface area (Å²) in [6.45, 7) is 7.86. The second-order valence-electron chi connectivity index (χ2n) is 8.59. The molecule has 0 amide bonds. The molecular weight excluding hydrogens is 316 g/mol. The highest BCUT2D eigenvalue weighted by atomic mass is 16.5. The van der Waals surface area contributed by atoms with Crippen LogP contribution in [0.1, 0.15) is 59.8 Å². The maximum Gasteiger partial charge on any atom is 0.190 e. The normalized spacial score (nSPS) is 33.8. The van der Waals surface area contributed by atoms with Crippen molar-refractivity contribution in [1.82, 2.24) is 0 Å². The Balaban J connectivity index is 1.76. The van der Waals surface area contributed by atoms with E-state index in [1.807, 2.05) is 12.2 Å². The van der Waals surface area contributed by atoms with Gasteiger partial charge < -0.3 is 14.9 Å². The zero-order chi connectivity index (χ0) is 18.4. The first-order valence-corrected chi connectivity index (χ1v) is 9.34. The second kappa shape index (κ2) is 6.40. The third kappa shape index (κ3) is 3.61. The quantitative estimate of drug-likeness (QED) is 0.765. The smallest absolute Gasteiger partial charge is 0.190 e.